The third-order valence-corrected chi connectivity index (χ3v) is 4.97. The minimum Gasteiger partial charge on any atom is -0.506 e. The Labute approximate surface area is 179 Å². The number of amides is 2. The monoisotopic (exact) mass is 480 g/mol. The number of phenolic OH excluding ortho intramolecular Hbond substituents is 1. The largest absolute Gasteiger partial charge is 0.506 e. The molecule has 0 unspecified atom stereocenters. The summed E-state index contributed by atoms with van der Waals surface area (Å²) >= 11 is 14.3. The number of rotatable bonds is 4. The van der Waals surface area contributed by atoms with Crippen LogP contribution in [-0.2, 0) is 9.59 Å². The molecule has 1 aliphatic rings. The zero-order valence-corrected chi connectivity index (χ0v) is 17.7. The van der Waals surface area contributed by atoms with E-state index in [0.717, 1.165) is 0 Å². The Morgan fingerprint density at radius 1 is 1.29 bits per heavy atom. The summed E-state index contributed by atoms with van der Waals surface area (Å²) in [5.74, 6) is -0.769. The van der Waals surface area contributed by atoms with E-state index in [2.05, 4.69) is 21.2 Å². The number of carbonyl (C=O) groups excluding carboxylic acids is 2. The average Bonchev–Trinajstić information content (AvgIpc) is 2.64. The van der Waals surface area contributed by atoms with Crippen LogP contribution in [0.5, 0.6) is 11.5 Å². The lowest BCUT2D eigenvalue weighted by Gasteiger charge is -2.29. The Bertz CT molecular complexity index is 1010. The molecule has 0 aromatic heterocycles. The first kappa shape index (κ1) is 20.3. The van der Waals surface area contributed by atoms with Crippen LogP contribution in [0.15, 0.2) is 46.4 Å². The van der Waals surface area contributed by atoms with E-state index in [1.54, 1.807) is 24.3 Å². The number of nitrogens with one attached hydrogen (secondary N) is 1. The summed E-state index contributed by atoms with van der Waals surface area (Å²) in [6.45, 7) is 2.38. The zero-order chi connectivity index (χ0) is 20.4. The highest BCUT2D eigenvalue weighted by Gasteiger charge is 2.34. The van der Waals surface area contributed by atoms with Crippen molar-refractivity contribution in [1.82, 2.24) is 5.32 Å². The van der Waals surface area contributed by atoms with E-state index in [-0.39, 0.29) is 22.0 Å². The molecule has 0 radical (unpaired) electrons. The molecule has 2 aromatic carbocycles. The van der Waals surface area contributed by atoms with Gasteiger partial charge >= 0.3 is 0 Å². The van der Waals surface area contributed by atoms with Crippen LogP contribution in [0.3, 0.4) is 0 Å². The van der Waals surface area contributed by atoms with Crippen molar-refractivity contribution >= 4 is 68.4 Å². The fourth-order valence-electron chi connectivity index (χ4n) is 2.60. The molecular weight excluding hydrogens is 468 g/mol. The Balaban J connectivity index is 2.01. The van der Waals surface area contributed by atoms with Crippen molar-refractivity contribution in [3.63, 3.8) is 0 Å². The molecular formula is C19H14BrClN2O4S. The van der Waals surface area contributed by atoms with Crippen molar-refractivity contribution in [2.45, 2.75) is 6.92 Å². The zero-order valence-electron chi connectivity index (χ0n) is 14.5. The van der Waals surface area contributed by atoms with E-state index in [9.17, 15) is 14.7 Å². The summed E-state index contributed by atoms with van der Waals surface area (Å²) in [6.07, 6.45) is 1.27. The van der Waals surface area contributed by atoms with E-state index in [0.29, 0.717) is 27.5 Å². The number of phenols is 1. The second kappa shape index (κ2) is 8.30. The number of carbonyl (C=O) groups is 2. The van der Waals surface area contributed by atoms with Gasteiger partial charge in [-0.3, -0.25) is 19.8 Å². The highest BCUT2D eigenvalue weighted by atomic mass is 79.9. The molecule has 2 N–H and O–H groups in total. The van der Waals surface area contributed by atoms with E-state index in [4.69, 9.17) is 28.6 Å². The molecule has 1 heterocycles. The highest BCUT2D eigenvalue weighted by Crippen LogP contribution is 2.33. The summed E-state index contributed by atoms with van der Waals surface area (Å²) in [5.41, 5.74) is 0.505. The van der Waals surface area contributed by atoms with Crippen LogP contribution in [0.1, 0.15) is 12.5 Å². The molecule has 6 nitrogen and oxygen atoms in total. The summed E-state index contributed by atoms with van der Waals surface area (Å²) in [6, 6.07) is 9.69. The van der Waals surface area contributed by atoms with Gasteiger partial charge in [0.15, 0.2) is 5.11 Å². The van der Waals surface area contributed by atoms with Crippen LogP contribution in [0.25, 0.3) is 6.08 Å². The van der Waals surface area contributed by atoms with Gasteiger partial charge in [-0.15, -0.1) is 0 Å². The molecule has 28 heavy (non-hydrogen) atoms. The molecule has 1 saturated heterocycles. The normalized spacial score (nSPS) is 15.8. The number of aromatic hydroxyl groups is 1. The molecule has 2 amide bonds. The van der Waals surface area contributed by atoms with Gasteiger partial charge in [0.1, 0.15) is 17.1 Å². The molecule has 0 spiro atoms. The quantitative estimate of drug-likeness (QED) is 0.391. The summed E-state index contributed by atoms with van der Waals surface area (Å²) in [5, 5.41) is 13.0. The highest BCUT2D eigenvalue weighted by molar-refractivity contribution is 9.10. The van der Waals surface area contributed by atoms with Crippen LogP contribution in [-0.4, -0.2) is 28.6 Å². The molecule has 3 rings (SSSR count). The lowest BCUT2D eigenvalue weighted by Crippen LogP contribution is -2.54. The number of benzene rings is 2. The van der Waals surface area contributed by atoms with Gasteiger partial charge in [-0.05, 0) is 77.5 Å². The lowest BCUT2D eigenvalue weighted by atomic mass is 10.1. The first-order valence-electron chi connectivity index (χ1n) is 8.14. The van der Waals surface area contributed by atoms with Gasteiger partial charge in [0.25, 0.3) is 11.8 Å². The van der Waals surface area contributed by atoms with Gasteiger partial charge in [-0.2, -0.15) is 0 Å². The Morgan fingerprint density at radius 2 is 1.96 bits per heavy atom. The molecule has 144 valence electrons. The molecule has 2 aromatic rings. The molecule has 0 atom stereocenters. The number of thiocarbonyl (C=S) groups is 1. The standard InChI is InChI=1S/C19H14BrClN2O4S/c1-2-27-13-5-3-12(4-6-13)23-18(26)14(17(25)22-19(23)28)8-10-7-11(21)9-15(20)16(10)24/h3-9,24H,2H2,1H3,(H,22,25,28)/b14-8-. The SMILES string of the molecule is CCOc1ccc(N2C(=O)/C(=C\c3cc(Cl)cc(Br)c3O)C(=O)NC2=S)cc1. The van der Waals surface area contributed by atoms with Gasteiger partial charge in [-0.25, -0.2) is 0 Å². The fraction of sp³-hybridized carbons (Fsp3) is 0.105. The van der Waals surface area contributed by atoms with Crippen molar-refractivity contribution in [2.24, 2.45) is 0 Å². The maximum absolute atomic E-state index is 13.0. The number of halogens is 2. The number of ether oxygens (including phenoxy) is 1. The van der Waals surface area contributed by atoms with E-state index >= 15 is 0 Å². The first-order valence-corrected chi connectivity index (χ1v) is 9.72. The minimum atomic E-state index is -0.660. The summed E-state index contributed by atoms with van der Waals surface area (Å²) < 4.78 is 5.73. The summed E-state index contributed by atoms with van der Waals surface area (Å²) in [7, 11) is 0. The van der Waals surface area contributed by atoms with Crippen molar-refractivity contribution in [3.05, 3.63) is 57.0 Å². The second-order valence-electron chi connectivity index (χ2n) is 5.71. The van der Waals surface area contributed by atoms with Crippen molar-refractivity contribution in [2.75, 3.05) is 11.5 Å². The molecule has 0 saturated carbocycles. The predicted octanol–water partition coefficient (Wildman–Crippen LogP) is 4.04. The molecule has 9 heteroatoms. The second-order valence-corrected chi connectivity index (χ2v) is 7.39. The fourth-order valence-corrected chi connectivity index (χ4v) is 3.72. The van der Waals surface area contributed by atoms with Gasteiger partial charge in [0.05, 0.1) is 16.8 Å². The Hall–Kier alpha value is -2.42. The van der Waals surface area contributed by atoms with Crippen LogP contribution >= 0.6 is 39.7 Å². The number of hydrogen-bond acceptors (Lipinski definition) is 5. The maximum atomic E-state index is 13.0. The number of hydrogen-bond donors (Lipinski definition) is 2. The van der Waals surface area contributed by atoms with Crippen molar-refractivity contribution in [3.8, 4) is 11.5 Å². The van der Waals surface area contributed by atoms with Crippen LogP contribution in [0.4, 0.5) is 5.69 Å². The van der Waals surface area contributed by atoms with E-state index in [1.165, 1.54) is 23.1 Å². The van der Waals surface area contributed by atoms with Gasteiger partial charge < -0.3 is 9.84 Å². The first-order chi connectivity index (χ1) is 13.3. The van der Waals surface area contributed by atoms with E-state index in [1.807, 2.05) is 6.92 Å². The Morgan fingerprint density at radius 3 is 2.61 bits per heavy atom. The third-order valence-electron chi connectivity index (χ3n) is 3.87. The molecule has 1 aliphatic heterocycles. The van der Waals surface area contributed by atoms with Gasteiger partial charge in [-0.1, -0.05) is 11.6 Å². The van der Waals surface area contributed by atoms with Crippen LogP contribution in [0, 0.1) is 0 Å². The van der Waals surface area contributed by atoms with Gasteiger partial charge in [0, 0.05) is 10.6 Å². The minimum absolute atomic E-state index is 0.0344. The van der Waals surface area contributed by atoms with Crippen LogP contribution < -0.4 is 15.0 Å². The maximum Gasteiger partial charge on any atom is 0.270 e. The smallest absolute Gasteiger partial charge is 0.270 e. The molecule has 0 bridgehead atoms. The average molecular weight is 482 g/mol. The molecule has 1 fully saturated rings. The molecule has 0 aliphatic carbocycles. The third kappa shape index (κ3) is 4.04. The predicted molar refractivity (Wildman–Crippen MR) is 115 cm³/mol. The Kier molecular flexibility index (Phi) is 6.02. The number of nitrogens with zero attached hydrogens (tertiary/aromatic N) is 1. The van der Waals surface area contributed by atoms with Crippen LogP contribution in [0.2, 0.25) is 5.02 Å². The number of anilines is 1. The van der Waals surface area contributed by atoms with Crippen molar-refractivity contribution in [1.29, 1.82) is 0 Å². The topological polar surface area (TPSA) is 78.9 Å². The lowest BCUT2D eigenvalue weighted by molar-refractivity contribution is -0.122. The van der Waals surface area contributed by atoms with Crippen molar-refractivity contribution < 1.29 is 19.4 Å². The summed E-state index contributed by atoms with van der Waals surface area (Å²) in [4.78, 5) is 26.6. The van der Waals surface area contributed by atoms with Gasteiger partial charge in [0.2, 0.25) is 0 Å². The van der Waals surface area contributed by atoms with E-state index < -0.39 is 11.8 Å².